The van der Waals surface area contributed by atoms with Crippen LogP contribution in [-0.4, -0.2) is 31.6 Å². The first kappa shape index (κ1) is 14.6. The van der Waals surface area contributed by atoms with E-state index < -0.39 is 5.97 Å². The van der Waals surface area contributed by atoms with Crippen LogP contribution in [0.25, 0.3) is 11.4 Å². The van der Waals surface area contributed by atoms with Crippen molar-refractivity contribution in [3.8, 4) is 11.4 Å². The average molecular weight is 368 g/mol. The molecule has 1 N–H and O–H groups in total. The van der Waals surface area contributed by atoms with Gasteiger partial charge in [-0.05, 0) is 41.3 Å². The molecule has 110 valence electrons. The van der Waals surface area contributed by atoms with Crippen LogP contribution in [-0.2, 0) is 4.79 Å². The summed E-state index contributed by atoms with van der Waals surface area (Å²) in [5, 5.41) is 18.0. The smallest absolute Gasteiger partial charge is 0.313 e. The second-order valence-electron chi connectivity index (χ2n) is 5.03. The van der Waals surface area contributed by atoms with Gasteiger partial charge in [0.25, 0.3) is 0 Å². The first-order valence-corrected chi connectivity index (χ1v) is 8.40. The van der Waals surface area contributed by atoms with Gasteiger partial charge in [0.15, 0.2) is 11.0 Å². The van der Waals surface area contributed by atoms with Crippen LogP contribution in [0.5, 0.6) is 0 Å². The Kier molecular flexibility index (Phi) is 4.03. The van der Waals surface area contributed by atoms with E-state index in [0.29, 0.717) is 11.2 Å². The molecular formula is C14H14BrN3O2S. The Labute approximate surface area is 134 Å². The topological polar surface area (TPSA) is 68.0 Å². The van der Waals surface area contributed by atoms with Gasteiger partial charge in [0.1, 0.15) is 0 Å². The molecule has 7 heteroatoms. The molecule has 0 saturated heterocycles. The minimum Gasteiger partial charge on any atom is -0.481 e. The van der Waals surface area contributed by atoms with Crippen LogP contribution < -0.4 is 0 Å². The van der Waals surface area contributed by atoms with E-state index in [0.717, 1.165) is 34.3 Å². The van der Waals surface area contributed by atoms with Crippen molar-refractivity contribution >= 4 is 33.7 Å². The van der Waals surface area contributed by atoms with Gasteiger partial charge >= 0.3 is 5.97 Å². The fraction of sp³-hybridized carbons (Fsp3) is 0.357. The zero-order chi connectivity index (χ0) is 15.0. The van der Waals surface area contributed by atoms with Crippen molar-refractivity contribution < 1.29 is 9.90 Å². The number of carboxylic acid groups (broad SMARTS) is 1. The third-order valence-corrected chi connectivity index (χ3v) is 5.31. The summed E-state index contributed by atoms with van der Waals surface area (Å²) in [6.45, 7) is 2.03. The van der Waals surface area contributed by atoms with Gasteiger partial charge in [-0.25, -0.2) is 0 Å². The summed E-state index contributed by atoms with van der Waals surface area (Å²) in [7, 11) is 0. The molecule has 21 heavy (non-hydrogen) atoms. The molecule has 3 rings (SSSR count). The number of nitrogens with zero attached hydrogens (tertiary/aromatic N) is 3. The molecule has 0 bridgehead atoms. The highest BCUT2D eigenvalue weighted by Crippen LogP contribution is 2.42. The van der Waals surface area contributed by atoms with Gasteiger partial charge in [0, 0.05) is 16.1 Å². The highest BCUT2D eigenvalue weighted by molar-refractivity contribution is 9.10. The number of benzene rings is 1. The van der Waals surface area contributed by atoms with Crippen LogP contribution in [0.2, 0.25) is 0 Å². The normalized spacial score (nSPS) is 14.4. The summed E-state index contributed by atoms with van der Waals surface area (Å²) in [5.41, 5.74) is 2.13. The van der Waals surface area contributed by atoms with Crippen LogP contribution >= 0.6 is 27.7 Å². The van der Waals surface area contributed by atoms with E-state index in [4.69, 9.17) is 5.11 Å². The molecule has 5 nitrogen and oxygen atoms in total. The maximum atomic E-state index is 10.8. The molecule has 0 radical (unpaired) electrons. The lowest BCUT2D eigenvalue weighted by atomic mass is 10.1. The predicted octanol–water partition coefficient (Wildman–Crippen LogP) is 3.53. The Morgan fingerprint density at radius 2 is 2.24 bits per heavy atom. The number of thioether (sulfide) groups is 1. The van der Waals surface area contributed by atoms with Crippen molar-refractivity contribution in [2.75, 3.05) is 5.75 Å². The number of hydrogen-bond donors (Lipinski definition) is 1. The fourth-order valence-corrected chi connectivity index (χ4v) is 3.33. The number of hydrogen-bond acceptors (Lipinski definition) is 4. The fourth-order valence-electron chi connectivity index (χ4n) is 2.17. The molecule has 1 heterocycles. The lowest BCUT2D eigenvalue weighted by Gasteiger charge is -2.10. The van der Waals surface area contributed by atoms with E-state index in [1.165, 1.54) is 11.8 Å². The van der Waals surface area contributed by atoms with E-state index in [2.05, 4.69) is 30.7 Å². The number of halogens is 1. The van der Waals surface area contributed by atoms with Gasteiger partial charge < -0.3 is 5.11 Å². The summed E-state index contributed by atoms with van der Waals surface area (Å²) in [6, 6.07) is 6.42. The molecule has 1 aliphatic carbocycles. The minimum atomic E-state index is -0.844. The first-order valence-electron chi connectivity index (χ1n) is 6.63. The molecule has 0 atom stereocenters. The SMILES string of the molecule is Cc1cccc(-c2nnc(SCC(=O)O)n2C2CC2)c1Br. The van der Waals surface area contributed by atoms with E-state index >= 15 is 0 Å². The zero-order valence-electron chi connectivity index (χ0n) is 11.4. The van der Waals surface area contributed by atoms with Crippen LogP contribution in [0.1, 0.15) is 24.4 Å². The summed E-state index contributed by atoms with van der Waals surface area (Å²) in [6.07, 6.45) is 2.18. The second-order valence-corrected chi connectivity index (χ2v) is 6.76. The molecule has 1 aliphatic rings. The Bertz CT molecular complexity index is 698. The number of rotatable bonds is 5. The van der Waals surface area contributed by atoms with Gasteiger partial charge in [-0.2, -0.15) is 0 Å². The maximum absolute atomic E-state index is 10.8. The van der Waals surface area contributed by atoms with E-state index in [1.54, 1.807) is 0 Å². The van der Waals surface area contributed by atoms with Crippen LogP contribution in [0.15, 0.2) is 27.8 Å². The van der Waals surface area contributed by atoms with Crippen molar-refractivity contribution in [3.05, 3.63) is 28.2 Å². The molecular weight excluding hydrogens is 354 g/mol. The molecule has 0 amide bonds. The lowest BCUT2D eigenvalue weighted by molar-refractivity contribution is -0.133. The first-order chi connectivity index (χ1) is 10.1. The Balaban J connectivity index is 2.02. The van der Waals surface area contributed by atoms with Gasteiger partial charge in [-0.1, -0.05) is 30.0 Å². The monoisotopic (exact) mass is 367 g/mol. The van der Waals surface area contributed by atoms with Gasteiger partial charge in [-0.3, -0.25) is 9.36 Å². The number of aliphatic carboxylic acids is 1. The molecule has 1 aromatic heterocycles. The molecule has 1 fully saturated rings. The standard InChI is InChI=1S/C14H14BrN3O2S/c1-8-3-2-4-10(12(8)15)13-16-17-14(21-7-11(19)20)18(13)9-5-6-9/h2-4,9H,5-7H2,1H3,(H,19,20). The Morgan fingerprint density at radius 1 is 1.48 bits per heavy atom. The van der Waals surface area contributed by atoms with Crippen LogP contribution in [0.4, 0.5) is 0 Å². The number of aromatic nitrogens is 3. The average Bonchev–Trinajstić information content (AvgIpc) is 3.20. The van der Waals surface area contributed by atoms with Crippen LogP contribution in [0, 0.1) is 6.92 Å². The van der Waals surface area contributed by atoms with E-state index in [-0.39, 0.29) is 5.75 Å². The third kappa shape index (κ3) is 2.98. The van der Waals surface area contributed by atoms with E-state index in [1.807, 2.05) is 25.1 Å². The molecule has 0 spiro atoms. The highest BCUT2D eigenvalue weighted by Gasteiger charge is 2.31. The molecule has 2 aromatic rings. The predicted molar refractivity (Wildman–Crippen MR) is 84.5 cm³/mol. The quantitative estimate of drug-likeness (QED) is 0.818. The Morgan fingerprint density at radius 3 is 2.90 bits per heavy atom. The van der Waals surface area contributed by atoms with Crippen LogP contribution in [0.3, 0.4) is 0 Å². The van der Waals surface area contributed by atoms with E-state index in [9.17, 15) is 4.79 Å². The number of carbonyl (C=O) groups is 1. The Hall–Kier alpha value is -1.34. The molecule has 0 unspecified atom stereocenters. The summed E-state index contributed by atoms with van der Waals surface area (Å²) >= 11 is 4.83. The third-order valence-electron chi connectivity index (χ3n) is 3.33. The molecule has 0 aliphatic heterocycles. The van der Waals surface area contributed by atoms with Crippen molar-refractivity contribution in [1.82, 2.24) is 14.8 Å². The van der Waals surface area contributed by atoms with Crippen molar-refractivity contribution in [3.63, 3.8) is 0 Å². The van der Waals surface area contributed by atoms with Gasteiger partial charge in [0.2, 0.25) is 0 Å². The second kappa shape index (κ2) is 5.81. The highest BCUT2D eigenvalue weighted by atomic mass is 79.9. The minimum absolute atomic E-state index is 0.000158. The van der Waals surface area contributed by atoms with Crippen molar-refractivity contribution in [2.45, 2.75) is 31.0 Å². The van der Waals surface area contributed by atoms with Gasteiger partial charge in [0.05, 0.1) is 5.75 Å². The summed E-state index contributed by atoms with van der Waals surface area (Å²) < 4.78 is 3.08. The zero-order valence-corrected chi connectivity index (χ0v) is 13.8. The number of carboxylic acids is 1. The number of aryl methyl sites for hydroxylation is 1. The maximum Gasteiger partial charge on any atom is 0.313 e. The molecule has 1 saturated carbocycles. The van der Waals surface area contributed by atoms with Crippen molar-refractivity contribution in [2.24, 2.45) is 0 Å². The molecule has 1 aromatic carbocycles. The summed E-state index contributed by atoms with van der Waals surface area (Å²) in [4.78, 5) is 10.8. The lowest BCUT2D eigenvalue weighted by Crippen LogP contribution is -2.03. The largest absolute Gasteiger partial charge is 0.481 e. The van der Waals surface area contributed by atoms with Gasteiger partial charge in [-0.15, -0.1) is 10.2 Å². The summed E-state index contributed by atoms with van der Waals surface area (Å²) in [5.74, 6) is -0.0376. The van der Waals surface area contributed by atoms with Crippen molar-refractivity contribution in [1.29, 1.82) is 0 Å².